The number of ether oxygens (including phenoxy) is 1. The fraction of sp³-hybridized carbons (Fsp3) is 0.194. The SMILES string of the molecule is CNC(=O)c1ccc(C#Cc2ccc(OC(F)(F)F)c(C(=O)NCSC(CC#N)Cc3c[nH]c4ccccc34)c2)cc1. The van der Waals surface area contributed by atoms with Crippen LogP contribution in [0.4, 0.5) is 13.2 Å². The molecule has 11 heteroatoms. The molecule has 0 aliphatic rings. The van der Waals surface area contributed by atoms with Crippen LogP contribution in [0, 0.1) is 23.2 Å². The van der Waals surface area contributed by atoms with Gasteiger partial charge in [-0.3, -0.25) is 9.59 Å². The minimum Gasteiger partial charge on any atom is -0.405 e. The Hall–Kier alpha value is -4.87. The number of thioether (sulfide) groups is 1. The number of nitrogens with one attached hydrogen (secondary N) is 3. The zero-order valence-electron chi connectivity index (χ0n) is 22.3. The number of carbonyl (C=O) groups excluding carboxylic acids is 2. The Kier molecular flexibility index (Phi) is 9.79. The van der Waals surface area contributed by atoms with Gasteiger partial charge in [-0.15, -0.1) is 24.9 Å². The van der Waals surface area contributed by atoms with Gasteiger partial charge in [0, 0.05) is 52.5 Å². The summed E-state index contributed by atoms with van der Waals surface area (Å²) in [5.41, 5.74) is 2.98. The summed E-state index contributed by atoms with van der Waals surface area (Å²) in [6.07, 6.45) is -2.33. The Balaban J connectivity index is 1.47. The van der Waals surface area contributed by atoms with E-state index in [9.17, 15) is 28.0 Å². The van der Waals surface area contributed by atoms with E-state index >= 15 is 0 Å². The lowest BCUT2D eigenvalue weighted by atomic mass is 10.1. The van der Waals surface area contributed by atoms with Gasteiger partial charge in [0.15, 0.2) is 0 Å². The summed E-state index contributed by atoms with van der Waals surface area (Å²) in [6, 6.07) is 20.0. The normalized spacial score (nSPS) is 11.6. The first-order valence-electron chi connectivity index (χ1n) is 12.7. The molecule has 1 heterocycles. The van der Waals surface area contributed by atoms with Crippen molar-refractivity contribution in [3.63, 3.8) is 0 Å². The Morgan fingerprint density at radius 1 is 1.02 bits per heavy atom. The van der Waals surface area contributed by atoms with Crippen molar-refractivity contribution in [2.24, 2.45) is 0 Å². The number of hydrogen-bond acceptors (Lipinski definition) is 5. The van der Waals surface area contributed by atoms with Gasteiger partial charge in [-0.1, -0.05) is 30.0 Å². The number of aromatic nitrogens is 1. The molecule has 3 N–H and O–H groups in total. The topological polar surface area (TPSA) is 107 Å². The standard InChI is InChI=1S/C31H25F3N4O3S/c1-36-29(39)22-11-8-20(9-12-22)6-7-21-10-13-28(41-31(32,33)34)26(16-21)30(40)38-19-42-24(14-15-35)17-23-18-37-27-5-3-2-4-25(23)27/h2-5,8-13,16,18,24,37H,14,17,19H2,1H3,(H,36,39)(H,38,40). The lowest BCUT2D eigenvalue weighted by molar-refractivity contribution is -0.274. The van der Waals surface area contributed by atoms with Crippen LogP contribution in [-0.4, -0.2) is 41.3 Å². The molecular weight excluding hydrogens is 565 g/mol. The highest BCUT2D eigenvalue weighted by molar-refractivity contribution is 7.99. The van der Waals surface area contributed by atoms with Crippen molar-refractivity contribution in [1.29, 1.82) is 5.26 Å². The van der Waals surface area contributed by atoms with Crippen LogP contribution in [0.2, 0.25) is 0 Å². The number of amides is 2. The van der Waals surface area contributed by atoms with E-state index in [1.54, 1.807) is 24.3 Å². The zero-order chi connectivity index (χ0) is 30.1. The van der Waals surface area contributed by atoms with E-state index in [0.29, 0.717) is 23.1 Å². The first kappa shape index (κ1) is 30.1. The molecule has 4 rings (SSSR count). The number of para-hydroxylation sites is 1. The van der Waals surface area contributed by atoms with Crippen molar-refractivity contribution in [2.75, 3.05) is 12.9 Å². The molecule has 0 saturated heterocycles. The van der Waals surface area contributed by atoms with E-state index in [-0.39, 0.29) is 29.0 Å². The molecule has 0 aliphatic carbocycles. The Bertz CT molecular complexity index is 1680. The molecule has 214 valence electrons. The number of carbonyl (C=O) groups is 2. The first-order chi connectivity index (χ1) is 20.2. The molecule has 0 spiro atoms. The number of nitrogens with zero attached hydrogens (tertiary/aromatic N) is 1. The highest BCUT2D eigenvalue weighted by Crippen LogP contribution is 2.28. The molecule has 0 aliphatic heterocycles. The number of fused-ring (bicyclic) bond motifs is 1. The lowest BCUT2D eigenvalue weighted by Gasteiger charge is -2.16. The van der Waals surface area contributed by atoms with Crippen molar-refractivity contribution in [3.05, 3.63) is 101 Å². The van der Waals surface area contributed by atoms with E-state index in [1.165, 1.54) is 30.9 Å². The number of rotatable bonds is 9. The van der Waals surface area contributed by atoms with Crippen LogP contribution in [0.1, 0.15) is 43.8 Å². The summed E-state index contributed by atoms with van der Waals surface area (Å²) >= 11 is 1.32. The smallest absolute Gasteiger partial charge is 0.405 e. The highest BCUT2D eigenvalue weighted by atomic mass is 32.2. The molecule has 7 nitrogen and oxygen atoms in total. The molecule has 0 bridgehead atoms. The van der Waals surface area contributed by atoms with E-state index in [1.807, 2.05) is 30.5 Å². The minimum absolute atomic E-state index is 0.0621. The molecule has 2 amide bonds. The van der Waals surface area contributed by atoms with Gasteiger partial charge in [-0.2, -0.15) is 5.26 Å². The van der Waals surface area contributed by atoms with Crippen molar-refractivity contribution >= 4 is 34.5 Å². The van der Waals surface area contributed by atoms with Gasteiger partial charge >= 0.3 is 6.36 Å². The van der Waals surface area contributed by atoms with Gasteiger partial charge in [-0.25, -0.2) is 0 Å². The Morgan fingerprint density at radius 2 is 1.74 bits per heavy atom. The van der Waals surface area contributed by atoms with Crippen LogP contribution in [0.15, 0.2) is 72.9 Å². The third kappa shape index (κ3) is 8.09. The number of halogens is 3. The summed E-state index contributed by atoms with van der Waals surface area (Å²) in [5.74, 6) is 4.08. The van der Waals surface area contributed by atoms with Gasteiger partial charge in [0.25, 0.3) is 11.8 Å². The summed E-state index contributed by atoms with van der Waals surface area (Å²) in [7, 11) is 1.52. The average molecular weight is 591 g/mol. The third-order valence-electron chi connectivity index (χ3n) is 6.17. The maximum Gasteiger partial charge on any atom is 0.573 e. The van der Waals surface area contributed by atoms with Crippen molar-refractivity contribution in [2.45, 2.75) is 24.5 Å². The van der Waals surface area contributed by atoms with Crippen molar-refractivity contribution in [3.8, 4) is 23.7 Å². The van der Waals surface area contributed by atoms with Crippen LogP contribution in [0.25, 0.3) is 10.9 Å². The molecular formula is C31H25F3N4O3S. The van der Waals surface area contributed by atoms with E-state index < -0.39 is 18.0 Å². The summed E-state index contributed by atoms with van der Waals surface area (Å²) in [4.78, 5) is 27.9. The predicted octanol–water partition coefficient (Wildman–Crippen LogP) is 5.77. The number of aromatic amines is 1. The average Bonchev–Trinajstić information content (AvgIpc) is 3.38. The quantitative estimate of drug-likeness (QED) is 0.170. The van der Waals surface area contributed by atoms with Gasteiger partial charge in [0.05, 0.1) is 17.5 Å². The second kappa shape index (κ2) is 13.7. The fourth-order valence-corrected chi connectivity index (χ4v) is 5.09. The van der Waals surface area contributed by atoms with Crippen LogP contribution in [-0.2, 0) is 6.42 Å². The van der Waals surface area contributed by atoms with E-state index in [0.717, 1.165) is 22.5 Å². The number of benzene rings is 3. The minimum atomic E-state index is -5.00. The summed E-state index contributed by atoms with van der Waals surface area (Å²) in [6.45, 7) is 0. The molecule has 1 atom stereocenters. The molecule has 3 aromatic carbocycles. The second-order valence-corrected chi connectivity index (χ2v) is 10.3. The molecule has 4 aromatic rings. The summed E-state index contributed by atoms with van der Waals surface area (Å²) in [5, 5.41) is 15.3. The maximum atomic E-state index is 13.1. The number of nitriles is 1. The lowest BCUT2D eigenvalue weighted by Crippen LogP contribution is -2.27. The number of H-pyrrole nitrogens is 1. The molecule has 0 radical (unpaired) electrons. The van der Waals surface area contributed by atoms with Crippen LogP contribution >= 0.6 is 11.8 Å². The van der Waals surface area contributed by atoms with Crippen LogP contribution in [0.3, 0.4) is 0 Å². The Morgan fingerprint density at radius 3 is 2.45 bits per heavy atom. The predicted molar refractivity (Wildman–Crippen MR) is 155 cm³/mol. The molecule has 0 saturated carbocycles. The van der Waals surface area contributed by atoms with Crippen molar-refractivity contribution in [1.82, 2.24) is 15.6 Å². The van der Waals surface area contributed by atoms with Gasteiger partial charge in [-0.05, 0) is 60.5 Å². The van der Waals surface area contributed by atoms with Gasteiger partial charge in [0.2, 0.25) is 0 Å². The van der Waals surface area contributed by atoms with Crippen LogP contribution < -0.4 is 15.4 Å². The van der Waals surface area contributed by atoms with Crippen molar-refractivity contribution < 1.29 is 27.5 Å². The fourth-order valence-electron chi connectivity index (χ4n) is 4.15. The Labute approximate surface area is 244 Å². The number of alkyl halides is 3. The van der Waals surface area contributed by atoms with Gasteiger partial charge < -0.3 is 20.4 Å². The highest BCUT2D eigenvalue weighted by Gasteiger charge is 2.33. The largest absolute Gasteiger partial charge is 0.573 e. The van der Waals surface area contributed by atoms with E-state index in [2.05, 4.69) is 38.3 Å². The van der Waals surface area contributed by atoms with E-state index in [4.69, 9.17) is 0 Å². The maximum absolute atomic E-state index is 13.1. The second-order valence-electron chi connectivity index (χ2n) is 9.03. The van der Waals surface area contributed by atoms with Crippen LogP contribution in [0.5, 0.6) is 5.75 Å². The third-order valence-corrected chi connectivity index (χ3v) is 7.28. The zero-order valence-corrected chi connectivity index (χ0v) is 23.2. The number of hydrogen-bond donors (Lipinski definition) is 3. The molecule has 1 aromatic heterocycles. The summed E-state index contributed by atoms with van der Waals surface area (Å²) < 4.78 is 43.3. The monoisotopic (exact) mass is 590 g/mol. The molecule has 0 fully saturated rings. The first-order valence-corrected chi connectivity index (χ1v) is 13.8. The molecule has 42 heavy (non-hydrogen) atoms. The molecule has 1 unspecified atom stereocenters. The van der Waals surface area contributed by atoms with Gasteiger partial charge in [0.1, 0.15) is 5.75 Å².